The molecular formula is C17H29IN4O3S. The third-order valence-corrected chi connectivity index (χ3v) is 5.69. The van der Waals surface area contributed by atoms with Crippen LogP contribution in [0.3, 0.4) is 0 Å². The number of guanidine groups is 1. The first kappa shape index (κ1) is 23.0. The molecule has 0 spiro atoms. The number of para-hydroxylation sites is 1. The van der Waals surface area contributed by atoms with Crippen molar-refractivity contribution in [3.63, 3.8) is 0 Å². The molecule has 3 N–H and O–H groups in total. The number of nitrogens with zero attached hydrogens (tertiary/aromatic N) is 1. The normalized spacial score (nSPS) is 14.9. The predicted octanol–water partition coefficient (Wildman–Crippen LogP) is 1.70. The summed E-state index contributed by atoms with van der Waals surface area (Å²) in [6.07, 6.45) is 3.46. The number of halogens is 1. The molecule has 1 aliphatic carbocycles. The summed E-state index contributed by atoms with van der Waals surface area (Å²) in [6.45, 7) is 1.39. The van der Waals surface area contributed by atoms with E-state index in [2.05, 4.69) is 20.3 Å². The summed E-state index contributed by atoms with van der Waals surface area (Å²) in [5.74, 6) is 1.89. The molecule has 0 radical (unpaired) electrons. The zero-order valence-corrected chi connectivity index (χ0v) is 18.5. The maximum absolute atomic E-state index is 12.0. The Morgan fingerprint density at radius 3 is 2.62 bits per heavy atom. The number of rotatable bonds is 9. The summed E-state index contributed by atoms with van der Waals surface area (Å²) in [6, 6.07) is 7.72. The SMILES string of the molecule is CN=C(NCCS(=O)(=O)NCC1CCC1)NCc1ccccc1OC.I. The Morgan fingerprint density at radius 1 is 1.27 bits per heavy atom. The van der Waals surface area contributed by atoms with Gasteiger partial charge < -0.3 is 15.4 Å². The van der Waals surface area contributed by atoms with Crippen LogP contribution in [0.2, 0.25) is 0 Å². The molecule has 26 heavy (non-hydrogen) atoms. The molecule has 0 aliphatic heterocycles. The standard InChI is InChI=1S/C17H28N4O3S.HI/c1-18-17(20-13-15-8-3-4-9-16(15)24-2)19-10-11-25(22,23)21-12-14-6-5-7-14;/h3-4,8-9,14,21H,5-7,10-13H2,1-2H3,(H2,18,19,20);1H. The van der Waals surface area contributed by atoms with E-state index in [-0.39, 0.29) is 29.7 Å². The van der Waals surface area contributed by atoms with Crippen molar-refractivity contribution in [2.75, 3.05) is 33.0 Å². The quantitative estimate of drug-likeness (QED) is 0.275. The molecule has 0 atom stereocenters. The van der Waals surface area contributed by atoms with Crippen LogP contribution in [0, 0.1) is 5.92 Å². The molecule has 1 fully saturated rings. The smallest absolute Gasteiger partial charge is 0.213 e. The van der Waals surface area contributed by atoms with E-state index >= 15 is 0 Å². The first-order valence-electron chi connectivity index (χ1n) is 8.58. The van der Waals surface area contributed by atoms with Gasteiger partial charge in [-0.3, -0.25) is 4.99 Å². The average Bonchev–Trinajstić information content (AvgIpc) is 2.56. The summed E-state index contributed by atoms with van der Waals surface area (Å²) in [7, 11) is 0.0362. The first-order valence-corrected chi connectivity index (χ1v) is 10.2. The Bertz CT molecular complexity index is 678. The van der Waals surface area contributed by atoms with Crippen LogP contribution in [0.15, 0.2) is 29.3 Å². The van der Waals surface area contributed by atoms with Crippen molar-refractivity contribution in [1.82, 2.24) is 15.4 Å². The van der Waals surface area contributed by atoms with Gasteiger partial charge in [0.1, 0.15) is 5.75 Å². The second kappa shape index (κ2) is 11.6. The number of aliphatic imine (C=N–C) groups is 1. The molecule has 0 saturated heterocycles. The third-order valence-electron chi connectivity index (χ3n) is 4.34. The highest BCUT2D eigenvalue weighted by atomic mass is 127. The largest absolute Gasteiger partial charge is 0.496 e. The summed E-state index contributed by atoms with van der Waals surface area (Å²) >= 11 is 0. The van der Waals surface area contributed by atoms with Gasteiger partial charge in [0.05, 0.1) is 12.9 Å². The Labute approximate surface area is 173 Å². The lowest BCUT2D eigenvalue weighted by molar-refractivity contribution is 0.316. The molecule has 1 aromatic carbocycles. The molecule has 2 rings (SSSR count). The lowest BCUT2D eigenvalue weighted by Gasteiger charge is -2.25. The number of ether oxygens (including phenoxy) is 1. The van der Waals surface area contributed by atoms with Crippen LogP contribution in [0.25, 0.3) is 0 Å². The van der Waals surface area contributed by atoms with Gasteiger partial charge in [-0.25, -0.2) is 13.1 Å². The van der Waals surface area contributed by atoms with E-state index in [4.69, 9.17) is 4.74 Å². The van der Waals surface area contributed by atoms with Gasteiger partial charge in [-0.05, 0) is 24.8 Å². The maximum atomic E-state index is 12.0. The highest BCUT2D eigenvalue weighted by Crippen LogP contribution is 2.25. The molecular weight excluding hydrogens is 467 g/mol. The second-order valence-corrected chi connectivity index (χ2v) is 8.06. The van der Waals surface area contributed by atoms with Gasteiger partial charge in [-0.1, -0.05) is 24.6 Å². The van der Waals surface area contributed by atoms with Crippen LogP contribution in [-0.2, 0) is 16.6 Å². The zero-order valence-electron chi connectivity index (χ0n) is 15.3. The van der Waals surface area contributed by atoms with Crippen LogP contribution >= 0.6 is 24.0 Å². The molecule has 1 aliphatic rings. The molecule has 0 bridgehead atoms. The number of hydrogen-bond acceptors (Lipinski definition) is 4. The van der Waals surface area contributed by atoms with E-state index < -0.39 is 10.0 Å². The number of hydrogen-bond donors (Lipinski definition) is 3. The second-order valence-electron chi connectivity index (χ2n) is 6.13. The van der Waals surface area contributed by atoms with Crippen molar-refractivity contribution < 1.29 is 13.2 Å². The van der Waals surface area contributed by atoms with E-state index in [0.29, 0.717) is 31.5 Å². The molecule has 0 unspecified atom stereocenters. The lowest BCUT2D eigenvalue weighted by atomic mass is 9.86. The van der Waals surface area contributed by atoms with Crippen LogP contribution < -0.4 is 20.1 Å². The molecule has 0 heterocycles. The minimum atomic E-state index is -3.25. The fourth-order valence-corrected chi connectivity index (χ4v) is 3.57. The predicted molar refractivity (Wildman–Crippen MR) is 116 cm³/mol. The van der Waals surface area contributed by atoms with Gasteiger partial charge in [-0.2, -0.15) is 0 Å². The Hall–Kier alpha value is -1.07. The van der Waals surface area contributed by atoms with Gasteiger partial charge in [0.15, 0.2) is 5.96 Å². The monoisotopic (exact) mass is 496 g/mol. The van der Waals surface area contributed by atoms with Gasteiger partial charge in [0.2, 0.25) is 10.0 Å². The van der Waals surface area contributed by atoms with Crippen molar-refractivity contribution in [2.45, 2.75) is 25.8 Å². The highest BCUT2D eigenvalue weighted by Gasteiger charge is 2.20. The van der Waals surface area contributed by atoms with E-state index in [9.17, 15) is 8.42 Å². The fourth-order valence-electron chi connectivity index (χ4n) is 2.57. The van der Waals surface area contributed by atoms with E-state index in [1.165, 1.54) is 6.42 Å². The minimum absolute atomic E-state index is 0. The van der Waals surface area contributed by atoms with Gasteiger partial charge >= 0.3 is 0 Å². The molecule has 0 amide bonds. The average molecular weight is 496 g/mol. The third kappa shape index (κ3) is 7.67. The Morgan fingerprint density at radius 2 is 2.00 bits per heavy atom. The number of sulfonamides is 1. The maximum Gasteiger partial charge on any atom is 0.213 e. The van der Waals surface area contributed by atoms with Crippen LogP contribution in [0.5, 0.6) is 5.75 Å². The number of nitrogens with one attached hydrogen (secondary N) is 3. The minimum Gasteiger partial charge on any atom is -0.496 e. The van der Waals surface area contributed by atoms with Crippen molar-refractivity contribution in [3.8, 4) is 5.75 Å². The van der Waals surface area contributed by atoms with Gasteiger partial charge in [0.25, 0.3) is 0 Å². The Kier molecular flexibility index (Phi) is 10.3. The molecule has 0 aromatic heterocycles. The zero-order chi connectivity index (χ0) is 18.1. The van der Waals surface area contributed by atoms with E-state index in [0.717, 1.165) is 24.2 Å². The van der Waals surface area contributed by atoms with E-state index in [1.807, 2.05) is 24.3 Å². The van der Waals surface area contributed by atoms with Crippen molar-refractivity contribution in [3.05, 3.63) is 29.8 Å². The summed E-state index contributed by atoms with van der Waals surface area (Å²) in [5, 5.41) is 6.19. The van der Waals surface area contributed by atoms with Crippen LogP contribution in [-0.4, -0.2) is 47.4 Å². The van der Waals surface area contributed by atoms with Crippen molar-refractivity contribution in [1.29, 1.82) is 0 Å². The summed E-state index contributed by atoms with van der Waals surface area (Å²) < 4.78 is 31.9. The highest BCUT2D eigenvalue weighted by molar-refractivity contribution is 14.0. The van der Waals surface area contributed by atoms with Gasteiger partial charge in [-0.15, -0.1) is 24.0 Å². The van der Waals surface area contributed by atoms with E-state index in [1.54, 1.807) is 14.2 Å². The summed E-state index contributed by atoms with van der Waals surface area (Å²) in [4.78, 5) is 4.11. The van der Waals surface area contributed by atoms with Crippen LogP contribution in [0.4, 0.5) is 0 Å². The number of methoxy groups -OCH3 is 1. The molecule has 148 valence electrons. The fraction of sp³-hybridized carbons (Fsp3) is 0.588. The first-order chi connectivity index (χ1) is 12.0. The molecule has 1 saturated carbocycles. The molecule has 1 aromatic rings. The van der Waals surface area contributed by atoms with Crippen molar-refractivity contribution in [2.24, 2.45) is 10.9 Å². The topological polar surface area (TPSA) is 91.8 Å². The Balaban J connectivity index is 0.00000338. The lowest BCUT2D eigenvalue weighted by Crippen LogP contribution is -2.41. The number of benzene rings is 1. The summed E-state index contributed by atoms with van der Waals surface area (Å²) in [5.41, 5.74) is 1.00. The van der Waals surface area contributed by atoms with Crippen molar-refractivity contribution >= 4 is 40.0 Å². The molecule has 7 nitrogen and oxygen atoms in total. The van der Waals surface area contributed by atoms with Gasteiger partial charge in [0, 0.05) is 32.2 Å². The van der Waals surface area contributed by atoms with Crippen LogP contribution in [0.1, 0.15) is 24.8 Å². The molecule has 9 heteroatoms.